The maximum Gasteiger partial charge on any atom is 0.367 e. The number of benzene rings is 2. The number of nitrogens with one attached hydrogen (secondary N) is 1. The summed E-state index contributed by atoms with van der Waals surface area (Å²) < 4.78 is 28.9. The molecular formula is C24H34NO6P. The fraction of sp³-hybridized carbons (Fsp3) is 0.458. The Morgan fingerprint density at radius 2 is 1.66 bits per heavy atom. The van der Waals surface area contributed by atoms with Gasteiger partial charge < -0.3 is 24.2 Å². The minimum atomic E-state index is -3.29. The summed E-state index contributed by atoms with van der Waals surface area (Å²) in [7, 11) is -3.29. The van der Waals surface area contributed by atoms with E-state index in [-0.39, 0.29) is 37.1 Å². The monoisotopic (exact) mass is 463 g/mol. The highest BCUT2D eigenvalue weighted by Crippen LogP contribution is 2.48. The van der Waals surface area contributed by atoms with Gasteiger partial charge in [-0.2, -0.15) is 0 Å². The summed E-state index contributed by atoms with van der Waals surface area (Å²) >= 11 is 0. The number of rotatable bonds is 11. The summed E-state index contributed by atoms with van der Waals surface area (Å²) in [5.74, 6) is 0.297. The Hall–Kier alpha value is -2.34. The van der Waals surface area contributed by atoms with Crippen molar-refractivity contribution in [1.82, 2.24) is 0 Å². The summed E-state index contributed by atoms with van der Waals surface area (Å²) in [5.41, 5.74) is 4.51. The lowest BCUT2D eigenvalue weighted by Gasteiger charge is -2.19. The minimum absolute atomic E-state index is 0.0352. The molecule has 0 aliphatic carbocycles. The second-order valence-electron chi connectivity index (χ2n) is 7.93. The standard InChI is InChI=1S/C24H34NO6P/c1-7-30-32(28,31-8-2)15-29-20-11-17(5)21(18(6)12-20)13-19-9-10-23(26)22(14-19)25-24(27)16(3)4/h9-12,14,16,26H,7-8,13,15H2,1-6H3,(H,25,27). The lowest BCUT2D eigenvalue weighted by Crippen LogP contribution is -2.17. The SMILES string of the molecule is CCOP(=O)(COc1cc(C)c(Cc2ccc(O)c(NC(=O)C(C)C)c2)c(C)c1)OCC. The molecule has 0 aromatic heterocycles. The number of anilines is 1. The molecule has 176 valence electrons. The van der Waals surface area contributed by atoms with Crippen LogP contribution in [0.5, 0.6) is 11.5 Å². The number of carbonyl (C=O) groups is 1. The van der Waals surface area contributed by atoms with E-state index >= 15 is 0 Å². The molecule has 0 fully saturated rings. The molecule has 2 N–H and O–H groups in total. The molecule has 0 saturated heterocycles. The fourth-order valence-corrected chi connectivity index (χ4v) is 4.57. The van der Waals surface area contributed by atoms with Crippen LogP contribution in [-0.2, 0) is 24.8 Å². The number of hydrogen-bond acceptors (Lipinski definition) is 6. The molecule has 7 nitrogen and oxygen atoms in total. The van der Waals surface area contributed by atoms with Crippen LogP contribution in [0.4, 0.5) is 5.69 Å². The van der Waals surface area contributed by atoms with E-state index in [0.717, 1.165) is 22.3 Å². The van der Waals surface area contributed by atoms with Gasteiger partial charge in [-0.15, -0.1) is 0 Å². The average Bonchev–Trinajstić information content (AvgIpc) is 2.71. The summed E-state index contributed by atoms with van der Waals surface area (Å²) in [6.45, 7) is 11.7. The highest BCUT2D eigenvalue weighted by atomic mass is 31.2. The first-order chi connectivity index (χ1) is 15.1. The van der Waals surface area contributed by atoms with Crippen LogP contribution >= 0.6 is 7.60 Å². The molecule has 0 unspecified atom stereocenters. The lowest BCUT2D eigenvalue weighted by molar-refractivity contribution is -0.118. The van der Waals surface area contributed by atoms with Gasteiger partial charge in [0.25, 0.3) is 0 Å². The molecule has 2 rings (SSSR count). The van der Waals surface area contributed by atoms with Crippen LogP contribution in [0.2, 0.25) is 0 Å². The van der Waals surface area contributed by atoms with Gasteiger partial charge in [0, 0.05) is 5.92 Å². The summed E-state index contributed by atoms with van der Waals surface area (Å²) in [5, 5.41) is 12.9. The van der Waals surface area contributed by atoms with Crippen molar-refractivity contribution in [1.29, 1.82) is 0 Å². The summed E-state index contributed by atoms with van der Waals surface area (Å²) in [4.78, 5) is 12.0. The highest BCUT2D eigenvalue weighted by molar-refractivity contribution is 7.53. The summed E-state index contributed by atoms with van der Waals surface area (Å²) in [6.07, 6.45) is 0.475. The van der Waals surface area contributed by atoms with Gasteiger partial charge in [-0.05, 0) is 80.6 Å². The molecule has 0 heterocycles. The number of phenols is 1. The molecule has 1 amide bonds. The van der Waals surface area contributed by atoms with E-state index in [1.54, 1.807) is 39.8 Å². The van der Waals surface area contributed by atoms with Crippen LogP contribution < -0.4 is 10.1 Å². The third-order valence-corrected chi connectivity index (χ3v) is 6.68. The van der Waals surface area contributed by atoms with Crippen LogP contribution in [0.15, 0.2) is 30.3 Å². The third kappa shape index (κ3) is 7.09. The Morgan fingerprint density at radius 1 is 1.06 bits per heavy atom. The third-order valence-electron chi connectivity index (χ3n) is 4.93. The van der Waals surface area contributed by atoms with E-state index in [4.69, 9.17) is 13.8 Å². The number of aromatic hydroxyl groups is 1. The predicted octanol–water partition coefficient (Wildman–Crippen LogP) is 5.80. The van der Waals surface area contributed by atoms with Crippen molar-refractivity contribution in [3.8, 4) is 11.5 Å². The lowest BCUT2D eigenvalue weighted by atomic mass is 9.95. The van der Waals surface area contributed by atoms with Gasteiger partial charge in [0.15, 0.2) is 6.35 Å². The van der Waals surface area contributed by atoms with Crippen LogP contribution in [0.3, 0.4) is 0 Å². The van der Waals surface area contributed by atoms with E-state index < -0.39 is 7.60 Å². The van der Waals surface area contributed by atoms with Gasteiger partial charge in [-0.25, -0.2) is 0 Å². The molecule has 2 aromatic carbocycles. The van der Waals surface area contributed by atoms with E-state index in [1.165, 1.54) is 0 Å². The van der Waals surface area contributed by atoms with Crippen LogP contribution in [0, 0.1) is 19.8 Å². The Kier molecular flexibility index (Phi) is 9.32. The topological polar surface area (TPSA) is 94.1 Å². The Morgan fingerprint density at radius 3 is 2.19 bits per heavy atom. The van der Waals surface area contributed by atoms with E-state index in [0.29, 0.717) is 17.9 Å². The molecular weight excluding hydrogens is 429 g/mol. The van der Waals surface area contributed by atoms with Gasteiger partial charge in [0.1, 0.15) is 11.5 Å². The second kappa shape index (κ2) is 11.5. The highest BCUT2D eigenvalue weighted by Gasteiger charge is 2.25. The van der Waals surface area contributed by atoms with Crippen LogP contribution in [0.1, 0.15) is 49.9 Å². The predicted molar refractivity (Wildman–Crippen MR) is 127 cm³/mol. The van der Waals surface area contributed by atoms with Crippen molar-refractivity contribution in [2.24, 2.45) is 5.92 Å². The molecule has 0 radical (unpaired) electrons. The number of aryl methyl sites for hydroxylation is 2. The van der Waals surface area contributed by atoms with Gasteiger partial charge in [-0.3, -0.25) is 9.36 Å². The average molecular weight is 464 g/mol. The molecule has 0 aliphatic heterocycles. The zero-order valence-corrected chi connectivity index (χ0v) is 20.6. The smallest absolute Gasteiger partial charge is 0.367 e. The minimum Gasteiger partial charge on any atom is -0.506 e. The number of ether oxygens (including phenoxy) is 1. The first-order valence-corrected chi connectivity index (χ1v) is 12.5. The second-order valence-corrected chi connectivity index (χ2v) is 9.92. The van der Waals surface area contributed by atoms with E-state index in [9.17, 15) is 14.5 Å². The Bertz CT molecular complexity index is 955. The zero-order valence-electron chi connectivity index (χ0n) is 19.7. The van der Waals surface area contributed by atoms with Gasteiger partial charge in [0.2, 0.25) is 5.91 Å². The van der Waals surface area contributed by atoms with Crippen molar-refractivity contribution in [3.05, 3.63) is 52.6 Å². The largest absolute Gasteiger partial charge is 0.506 e. The van der Waals surface area contributed by atoms with Crippen molar-refractivity contribution in [3.63, 3.8) is 0 Å². The van der Waals surface area contributed by atoms with E-state index in [1.807, 2.05) is 32.0 Å². The van der Waals surface area contributed by atoms with E-state index in [2.05, 4.69) is 5.32 Å². The molecule has 0 spiro atoms. The molecule has 0 aliphatic rings. The number of amides is 1. The quantitative estimate of drug-likeness (QED) is 0.323. The molecule has 2 aromatic rings. The molecule has 0 atom stereocenters. The van der Waals surface area contributed by atoms with Crippen molar-refractivity contribution < 1.29 is 28.3 Å². The normalized spacial score (nSPS) is 11.6. The van der Waals surface area contributed by atoms with Crippen molar-refractivity contribution in [2.75, 3.05) is 24.9 Å². The fourth-order valence-electron chi connectivity index (χ4n) is 3.25. The summed E-state index contributed by atoms with van der Waals surface area (Å²) in [6, 6.07) is 9.01. The first-order valence-electron chi connectivity index (χ1n) is 10.8. The maximum absolute atomic E-state index is 12.6. The van der Waals surface area contributed by atoms with Crippen LogP contribution in [0.25, 0.3) is 0 Å². The van der Waals surface area contributed by atoms with Crippen molar-refractivity contribution in [2.45, 2.75) is 48.0 Å². The molecule has 0 saturated carbocycles. The number of hydrogen-bond donors (Lipinski definition) is 2. The number of carbonyl (C=O) groups excluding carboxylic acids is 1. The molecule has 32 heavy (non-hydrogen) atoms. The maximum atomic E-state index is 12.6. The zero-order chi connectivity index (χ0) is 23.9. The molecule has 8 heteroatoms. The van der Waals surface area contributed by atoms with Gasteiger partial charge >= 0.3 is 7.60 Å². The Labute approximate surface area is 190 Å². The van der Waals surface area contributed by atoms with Gasteiger partial charge in [-0.1, -0.05) is 19.9 Å². The first kappa shape index (κ1) is 25.9. The van der Waals surface area contributed by atoms with Gasteiger partial charge in [0.05, 0.1) is 18.9 Å². The van der Waals surface area contributed by atoms with Crippen LogP contribution in [-0.4, -0.2) is 30.6 Å². The Balaban J connectivity index is 2.19. The number of phenolic OH excluding ortho intramolecular Hbond substituents is 1. The molecule has 0 bridgehead atoms. The van der Waals surface area contributed by atoms with Crippen molar-refractivity contribution >= 4 is 19.2 Å².